The van der Waals surface area contributed by atoms with Crippen LogP contribution in [0.25, 0.3) is 0 Å². The summed E-state index contributed by atoms with van der Waals surface area (Å²) in [4.78, 5) is 2.47. The zero-order chi connectivity index (χ0) is 12.1. The lowest BCUT2D eigenvalue weighted by molar-refractivity contribution is 0.335. The minimum Gasteiger partial charge on any atom is -0.311 e. The smallest absolute Gasteiger partial charge is 0.124 e. The average Bonchev–Trinajstić information content (AvgIpc) is 2.76. The number of nitrogens with zero attached hydrogens (tertiary/aromatic N) is 1. The third kappa shape index (κ3) is 4.37. The van der Waals surface area contributed by atoms with E-state index in [9.17, 15) is 4.39 Å². The molecule has 1 saturated heterocycles. The van der Waals surface area contributed by atoms with Crippen molar-refractivity contribution in [3.05, 3.63) is 34.1 Å². The van der Waals surface area contributed by atoms with Crippen LogP contribution in [0.4, 0.5) is 4.39 Å². The van der Waals surface area contributed by atoms with Crippen molar-refractivity contribution in [3.63, 3.8) is 0 Å². The number of nitrogens with one attached hydrogen (secondary N) is 1. The molecule has 1 aromatic carbocycles. The lowest BCUT2D eigenvalue weighted by atomic mass is 10.2. The topological polar surface area (TPSA) is 15.3 Å². The number of likely N-dealkylation sites (tertiary alicyclic amines) is 1. The molecule has 1 aliphatic heterocycles. The average molecular weight is 301 g/mol. The van der Waals surface area contributed by atoms with Crippen LogP contribution in [-0.4, -0.2) is 31.1 Å². The summed E-state index contributed by atoms with van der Waals surface area (Å²) in [5.74, 6) is -0.185. The van der Waals surface area contributed by atoms with E-state index >= 15 is 0 Å². The first-order chi connectivity index (χ1) is 8.24. The van der Waals surface area contributed by atoms with E-state index in [4.69, 9.17) is 0 Å². The third-order valence-corrected chi connectivity index (χ3v) is 3.51. The van der Waals surface area contributed by atoms with Crippen molar-refractivity contribution in [2.45, 2.75) is 19.4 Å². The molecule has 0 saturated carbocycles. The standard InChI is InChI=1S/C13H18BrFN2/c14-12-7-11(8-13(15)9-12)10-16-3-6-17-4-1-2-5-17/h7-9,16H,1-6,10H2. The summed E-state index contributed by atoms with van der Waals surface area (Å²) in [6.07, 6.45) is 2.66. The fraction of sp³-hybridized carbons (Fsp3) is 0.538. The minimum atomic E-state index is -0.185. The maximum atomic E-state index is 13.1. The van der Waals surface area contributed by atoms with Crippen molar-refractivity contribution < 1.29 is 4.39 Å². The fourth-order valence-electron chi connectivity index (χ4n) is 2.19. The van der Waals surface area contributed by atoms with Crippen LogP contribution in [0.15, 0.2) is 22.7 Å². The Morgan fingerprint density at radius 3 is 2.71 bits per heavy atom. The Morgan fingerprint density at radius 2 is 2.00 bits per heavy atom. The monoisotopic (exact) mass is 300 g/mol. The molecule has 4 heteroatoms. The third-order valence-electron chi connectivity index (χ3n) is 3.05. The second-order valence-corrected chi connectivity index (χ2v) is 5.42. The SMILES string of the molecule is Fc1cc(Br)cc(CNCCN2CCCC2)c1. The van der Waals surface area contributed by atoms with Gasteiger partial charge in [-0.25, -0.2) is 4.39 Å². The van der Waals surface area contributed by atoms with Crippen molar-refractivity contribution in [1.82, 2.24) is 10.2 Å². The zero-order valence-corrected chi connectivity index (χ0v) is 11.5. The molecule has 1 heterocycles. The van der Waals surface area contributed by atoms with Crippen molar-refractivity contribution in [2.75, 3.05) is 26.2 Å². The Balaban J connectivity index is 1.70. The Bertz CT molecular complexity index is 344. The molecule has 2 rings (SSSR count). The highest BCUT2D eigenvalue weighted by Gasteiger charge is 2.09. The van der Waals surface area contributed by atoms with Crippen molar-refractivity contribution in [2.24, 2.45) is 0 Å². The molecule has 0 spiro atoms. The van der Waals surface area contributed by atoms with Gasteiger partial charge in [0.15, 0.2) is 0 Å². The van der Waals surface area contributed by atoms with Crippen LogP contribution >= 0.6 is 15.9 Å². The molecule has 1 fully saturated rings. The Kier molecular flexibility index (Phi) is 4.95. The quantitative estimate of drug-likeness (QED) is 0.841. The molecular weight excluding hydrogens is 283 g/mol. The van der Waals surface area contributed by atoms with E-state index in [1.54, 1.807) is 6.07 Å². The molecule has 0 unspecified atom stereocenters. The van der Waals surface area contributed by atoms with E-state index < -0.39 is 0 Å². The molecule has 0 aliphatic carbocycles. The molecule has 0 radical (unpaired) electrons. The van der Waals surface area contributed by atoms with Crippen LogP contribution in [0.1, 0.15) is 18.4 Å². The van der Waals surface area contributed by atoms with Crippen LogP contribution in [0.5, 0.6) is 0 Å². The highest BCUT2D eigenvalue weighted by molar-refractivity contribution is 9.10. The van der Waals surface area contributed by atoms with E-state index in [0.717, 1.165) is 29.7 Å². The first-order valence-electron chi connectivity index (χ1n) is 6.12. The predicted molar refractivity (Wildman–Crippen MR) is 71.5 cm³/mol. The van der Waals surface area contributed by atoms with E-state index in [2.05, 4.69) is 26.1 Å². The number of benzene rings is 1. The maximum Gasteiger partial charge on any atom is 0.124 e. The van der Waals surface area contributed by atoms with Crippen LogP contribution in [0.2, 0.25) is 0 Å². The summed E-state index contributed by atoms with van der Waals surface area (Å²) < 4.78 is 13.9. The number of halogens is 2. The van der Waals surface area contributed by atoms with Gasteiger partial charge in [-0.15, -0.1) is 0 Å². The maximum absolute atomic E-state index is 13.1. The number of hydrogen-bond acceptors (Lipinski definition) is 2. The van der Waals surface area contributed by atoms with Crippen molar-refractivity contribution >= 4 is 15.9 Å². The van der Waals surface area contributed by atoms with Crippen molar-refractivity contribution in [1.29, 1.82) is 0 Å². The first-order valence-corrected chi connectivity index (χ1v) is 6.91. The minimum absolute atomic E-state index is 0.185. The van der Waals surface area contributed by atoms with Crippen LogP contribution in [-0.2, 0) is 6.54 Å². The number of rotatable bonds is 5. The molecule has 2 nitrogen and oxygen atoms in total. The first kappa shape index (κ1) is 13.0. The van der Waals surface area contributed by atoms with Crippen LogP contribution < -0.4 is 5.32 Å². The summed E-state index contributed by atoms with van der Waals surface area (Å²) in [5, 5.41) is 3.35. The second kappa shape index (κ2) is 6.47. The van der Waals surface area contributed by atoms with Gasteiger partial charge in [0, 0.05) is 24.1 Å². The summed E-state index contributed by atoms with van der Waals surface area (Å²) in [6.45, 7) is 5.25. The fourth-order valence-corrected chi connectivity index (χ4v) is 2.70. The molecule has 17 heavy (non-hydrogen) atoms. The summed E-state index contributed by atoms with van der Waals surface area (Å²) in [5.41, 5.74) is 0.985. The molecule has 1 aromatic rings. The van der Waals surface area contributed by atoms with Gasteiger partial charge in [-0.05, 0) is 49.7 Å². The van der Waals surface area contributed by atoms with E-state index in [-0.39, 0.29) is 5.82 Å². The van der Waals surface area contributed by atoms with E-state index in [1.807, 2.05) is 6.07 Å². The summed E-state index contributed by atoms with van der Waals surface area (Å²) >= 11 is 3.30. The summed E-state index contributed by atoms with van der Waals surface area (Å²) in [7, 11) is 0. The van der Waals surface area contributed by atoms with Gasteiger partial charge < -0.3 is 10.2 Å². The second-order valence-electron chi connectivity index (χ2n) is 4.50. The highest BCUT2D eigenvalue weighted by atomic mass is 79.9. The molecule has 94 valence electrons. The molecule has 0 aromatic heterocycles. The van der Waals surface area contributed by atoms with Gasteiger partial charge in [0.05, 0.1) is 0 Å². The largest absolute Gasteiger partial charge is 0.311 e. The van der Waals surface area contributed by atoms with Crippen LogP contribution in [0.3, 0.4) is 0 Å². The summed E-state index contributed by atoms with van der Waals surface area (Å²) in [6, 6.07) is 5.01. The highest BCUT2D eigenvalue weighted by Crippen LogP contribution is 2.14. The van der Waals surface area contributed by atoms with Gasteiger partial charge >= 0.3 is 0 Å². The Hall–Kier alpha value is -0.450. The zero-order valence-electron chi connectivity index (χ0n) is 9.88. The van der Waals surface area contributed by atoms with E-state index in [1.165, 1.54) is 32.0 Å². The van der Waals surface area contributed by atoms with E-state index in [0.29, 0.717) is 0 Å². The van der Waals surface area contributed by atoms with Gasteiger partial charge in [-0.1, -0.05) is 15.9 Å². The molecule has 1 N–H and O–H groups in total. The predicted octanol–water partition coefficient (Wildman–Crippen LogP) is 2.77. The molecule has 0 atom stereocenters. The number of hydrogen-bond donors (Lipinski definition) is 1. The van der Waals surface area contributed by atoms with Crippen LogP contribution in [0, 0.1) is 5.82 Å². The van der Waals surface area contributed by atoms with Gasteiger partial charge in [0.25, 0.3) is 0 Å². The lowest BCUT2D eigenvalue weighted by Crippen LogP contribution is -2.29. The normalized spacial score (nSPS) is 16.6. The van der Waals surface area contributed by atoms with Gasteiger partial charge in [-0.2, -0.15) is 0 Å². The Morgan fingerprint density at radius 1 is 1.24 bits per heavy atom. The molecule has 0 bridgehead atoms. The lowest BCUT2D eigenvalue weighted by Gasteiger charge is -2.14. The van der Waals surface area contributed by atoms with Crippen molar-refractivity contribution in [3.8, 4) is 0 Å². The molecule has 1 aliphatic rings. The molecule has 0 amide bonds. The van der Waals surface area contributed by atoms with Gasteiger partial charge in [0.1, 0.15) is 5.82 Å². The van der Waals surface area contributed by atoms with Gasteiger partial charge in [0.2, 0.25) is 0 Å². The van der Waals surface area contributed by atoms with Gasteiger partial charge in [-0.3, -0.25) is 0 Å². The molecular formula is C13H18BrFN2. The Labute approximate surface area is 110 Å².